The lowest BCUT2D eigenvalue weighted by molar-refractivity contribution is 0.0883. The van der Waals surface area contributed by atoms with Crippen molar-refractivity contribution in [3.63, 3.8) is 0 Å². The van der Waals surface area contributed by atoms with E-state index in [1.165, 1.54) is 12.1 Å². The van der Waals surface area contributed by atoms with Crippen LogP contribution in [0.1, 0.15) is 29.6 Å². The minimum atomic E-state index is -0.351. The van der Waals surface area contributed by atoms with E-state index in [0.717, 1.165) is 39.1 Å². The highest BCUT2D eigenvalue weighted by molar-refractivity contribution is 5.96. The van der Waals surface area contributed by atoms with E-state index >= 15 is 0 Å². The summed E-state index contributed by atoms with van der Waals surface area (Å²) in [6, 6.07) is 5.93. The van der Waals surface area contributed by atoms with Crippen molar-refractivity contribution >= 4 is 5.78 Å². The van der Waals surface area contributed by atoms with Crippen LogP contribution in [0.25, 0.3) is 0 Å². The highest BCUT2D eigenvalue weighted by atomic mass is 19.1. The molecule has 0 bridgehead atoms. The van der Waals surface area contributed by atoms with E-state index < -0.39 is 0 Å². The molecule has 1 aromatic carbocycles. The molecule has 1 heterocycles. The van der Waals surface area contributed by atoms with E-state index in [0.29, 0.717) is 17.9 Å². The number of Topliss-reactive ketones (excluding diaryl/α,β-unsaturated/α-hetero) is 1. The highest BCUT2D eigenvalue weighted by Gasteiger charge is 2.19. The van der Waals surface area contributed by atoms with Gasteiger partial charge in [0.2, 0.25) is 0 Å². The van der Waals surface area contributed by atoms with Gasteiger partial charge in [0.15, 0.2) is 5.78 Å². The number of hydrogen-bond acceptors (Lipinski definition) is 3. The molecule has 0 unspecified atom stereocenters. The molecule has 0 aromatic heterocycles. The molecule has 0 amide bonds. The van der Waals surface area contributed by atoms with Crippen LogP contribution in [0.2, 0.25) is 0 Å². The van der Waals surface area contributed by atoms with Gasteiger partial charge < -0.3 is 9.64 Å². The summed E-state index contributed by atoms with van der Waals surface area (Å²) in [6.07, 6.45) is 2.71. The summed E-state index contributed by atoms with van der Waals surface area (Å²) in [6.45, 7) is 3.63. The molecule has 110 valence electrons. The van der Waals surface area contributed by atoms with E-state index in [2.05, 4.69) is 4.90 Å². The van der Waals surface area contributed by atoms with Crippen LogP contribution >= 0.6 is 0 Å². The molecule has 0 radical (unpaired) electrons. The van der Waals surface area contributed by atoms with Crippen molar-refractivity contribution < 1.29 is 13.9 Å². The first-order chi connectivity index (χ1) is 9.69. The molecule has 0 aliphatic carbocycles. The summed E-state index contributed by atoms with van der Waals surface area (Å²) in [4.78, 5) is 14.3. The number of nitrogens with zero attached hydrogens (tertiary/aromatic N) is 1. The Kier molecular flexibility index (Phi) is 5.68. The molecule has 1 saturated heterocycles. The summed E-state index contributed by atoms with van der Waals surface area (Å²) >= 11 is 0. The zero-order valence-corrected chi connectivity index (χ0v) is 12.0. The fourth-order valence-corrected chi connectivity index (χ4v) is 2.68. The molecule has 1 aromatic rings. The summed E-state index contributed by atoms with van der Waals surface area (Å²) in [5, 5.41) is 0. The van der Waals surface area contributed by atoms with Crippen LogP contribution in [0.5, 0.6) is 0 Å². The van der Waals surface area contributed by atoms with E-state index in [-0.39, 0.29) is 11.6 Å². The minimum Gasteiger partial charge on any atom is -0.384 e. The third-order valence-corrected chi connectivity index (χ3v) is 3.91. The first-order valence-corrected chi connectivity index (χ1v) is 7.19. The molecule has 0 atom stereocenters. The Morgan fingerprint density at radius 1 is 1.40 bits per heavy atom. The molecule has 3 nitrogen and oxygen atoms in total. The lowest BCUT2D eigenvalue weighted by Gasteiger charge is -2.31. The standard InChI is InChI=1S/C16H22FNO2/c1-20-12-13-5-8-18(9-6-13)10-7-16(19)14-3-2-4-15(17)11-14/h2-4,11,13H,5-10,12H2,1H3. The minimum absolute atomic E-state index is 0.0171. The van der Waals surface area contributed by atoms with Gasteiger partial charge in [0.25, 0.3) is 0 Å². The average molecular weight is 279 g/mol. The smallest absolute Gasteiger partial charge is 0.164 e. The Morgan fingerprint density at radius 2 is 2.15 bits per heavy atom. The van der Waals surface area contributed by atoms with Crippen LogP contribution in [0.3, 0.4) is 0 Å². The first kappa shape index (κ1) is 15.1. The molecular formula is C16H22FNO2. The molecule has 2 rings (SSSR count). The number of hydrogen-bond donors (Lipinski definition) is 0. The van der Waals surface area contributed by atoms with Crippen molar-refractivity contribution in [2.75, 3.05) is 33.4 Å². The van der Waals surface area contributed by atoms with Crippen LogP contribution in [-0.2, 0) is 4.74 Å². The van der Waals surface area contributed by atoms with E-state index in [4.69, 9.17) is 4.74 Å². The van der Waals surface area contributed by atoms with Gasteiger partial charge in [-0.3, -0.25) is 4.79 Å². The topological polar surface area (TPSA) is 29.5 Å². The van der Waals surface area contributed by atoms with Crippen LogP contribution in [0.15, 0.2) is 24.3 Å². The number of rotatable bonds is 6. The number of methoxy groups -OCH3 is 1. The Labute approximate surface area is 119 Å². The summed E-state index contributed by atoms with van der Waals surface area (Å²) < 4.78 is 18.2. The quantitative estimate of drug-likeness (QED) is 0.750. The van der Waals surface area contributed by atoms with E-state index in [1.807, 2.05) is 0 Å². The molecule has 0 N–H and O–H groups in total. The van der Waals surface area contributed by atoms with Gasteiger partial charge in [-0.05, 0) is 44.0 Å². The van der Waals surface area contributed by atoms with E-state index in [9.17, 15) is 9.18 Å². The van der Waals surface area contributed by atoms with Gasteiger partial charge in [-0.2, -0.15) is 0 Å². The number of ether oxygens (including phenoxy) is 1. The maximum absolute atomic E-state index is 13.1. The number of ketones is 1. The Balaban J connectivity index is 1.74. The molecule has 4 heteroatoms. The number of carbonyl (C=O) groups is 1. The predicted octanol–water partition coefficient (Wildman–Crippen LogP) is 2.76. The summed E-state index contributed by atoms with van der Waals surface area (Å²) in [5.74, 6) is 0.315. The first-order valence-electron chi connectivity index (χ1n) is 7.19. The summed E-state index contributed by atoms with van der Waals surface area (Å²) in [7, 11) is 1.74. The molecule has 1 aliphatic heterocycles. The fraction of sp³-hybridized carbons (Fsp3) is 0.562. The number of halogens is 1. The second-order valence-electron chi connectivity index (χ2n) is 5.42. The number of piperidine rings is 1. The molecule has 0 spiro atoms. The van der Waals surface area contributed by atoms with Crippen molar-refractivity contribution in [3.05, 3.63) is 35.6 Å². The fourth-order valence-electron chi connectivity index (χ4n) is 2.68. The zero-order chi connectivity index (χ0) is 14.4. The summed E-state index contributed by atoms with van der Waals surface area (Å²) in [5.41, 5.74) is 0.472. The zero-order valence-electron chi connectivity index (χ0n) is 12.0. The third-order valence-electron chi connectivity index (χ3n) is 3.91. The van der Waals surface area contributed by atoms with Crippen LogP contribution in [0.4, 0.5) is 4.39 Å². The predicted molar refractivity (Wildman–Crippen MR) is 76.4 cm³/mol. The highest BCUT2D eigenvalue weighted by Crippen LogP contribution is 2.17. The van der Waals surface area contributed by atoms with Crippen molar-refractivity contribution in [2.24, 2.45) is 5.92 Å². The van der Waals surface area contributed by atoms with Crippen LogP contribution in [-0.4, -0.2) is 44.0 Å². The van der Waals surface area contributed by atoms with Crippen LogP contribution in [0, 0.1) is 11.7 Å². The molecule has 20 heavy (non-hydrogen) atoms. The van der Waals surface area contributed by atoms with Gasteiger partial charge in [-0.25, -0.2) is 4.39 Å². The van der Waals surface area contributed by atoms with Gasteiger partial charge in [0, 0.05) is 32.2 Å². The third kappa shape index (κ3) is 4.39. The van der Waals surface area contributed by atoms with Crippen LogP contribution < -0.4 is 0 Å². The van der Waals surface area contributed by atoms with Gasteiger partial charge >= 0.3 is 0 Å². The molecular weight excluding hydrogens is 257 g/mol. The molecule has 1 aliphatic rings. The molecule has 1 fully saturated rings. The number of carbonyl (C=O) groups excluding carboxylic acids is 1. The Hall–Kier alpha value is -1.26. The Morgan fingerprint density at radius 3 is 2.80 bits per heavy atom. The Bertz CT molecular complexity index is 442. The van der Waals surface area contributed by atoms with Crippen molar-refractivity contribution in [1.29, 1.82) is 0 Å². The van der Waals surface area contributed by atoms with Crippen molar-refractivity contribution in [3.8, 4) is 0 Å². The second kappa shape index (κ2) is 7.50. The van der Waals surface area contributed by atoms with Crippen molar-refractivity contribution in [2.45, 2.75) is 19.3 Å². The number of likely N-dealkylation sites (tertiary alicyclic amines) is 1. The number of benzene rings is 1. The molecule has 0 saturated carbocycles. The SMILES string of the molecule is COCC1CCN(CCC(=O)c2cccc(F)c2)CC1. The average Bonchev–Trinajstić information content (AvgIpc) is 2.46. The maximum Gasteiger partial charge on any atom is 0.164 e. The van der Waals surface area contributed by atoms with Gasteiger partial charge in [0.05, 0.1) is 0 Å². The lowest BCUT2D eigenvalue weighted by Crippen LogP contribution is -2.36. The van der Waals surface area contributed by atoms with Crippen molar-refractivity contribution in [1.82, 2.24) is 4.90 Å². The lowest BCUT2D eigenvalue weighted by atomic mass is 9.97. The van der Waals surface area contributed by atoms with Gasteiger partial charge in [-0.1, -0.05) is 12.1 Å². The normalized spacial score (nSPS) is 17.3. The van der Waals surface area contributed by atoms with Gasteiger partial charge in [0.1, 0.15) is 5.82 Å². The van der Waals surface area contributed by atoms with E-state index in [1.54, 1.807) is 19.2 Å². The maximum atomic E-state index is 13.1. The monoisotopic (exact) mass is 279 g/mol. The largest absolute Gasteiger partial charge is 0.384 e. The van der Waals surface area contributed by atoms with Gasteiger partial charge in [-0.15, -0.1) is 0 Å². The second-order valence-corrected chi connectivity index (χ2v) is 5.42.